The molecule has 0 saturated heterocycles. The molecule has 0 aromatic carbocycles. The van der Waals surface area contributed by atoms with Gasteiger partial charge < -0.3 is 19.9 Å². The largest absolute Gasteiger partial charge is 0.389 e. The van der Waals surface area contributed by atoms with Crippen LogP contribution in [0.2, 0.25) is 0 Å². The Bertz CT molecular complexity index is 195. The van der Waals surface area contributed by atoms with Gasteiger partial charge in [-0.05, 0) is 12.8 Å². The molecular weight excluding hydrogens is 218 g/mol. The molecule has 17 heavy (non-hydrogen) atoms. The predicted octanol–water partition coefficient (Wildman–Crippen LogP) is 1.20. The van der Waals surface area contributed by atoms with E-state index in [1.807, 2.05) is 6.92 Å². The minimum absolute atomic E-state index is 0.387. The Morgan fingerprint density at radius 3 is 2.59 bits per heavy atom. The maximum absolute atomic E-state index is 9.56. The summed E-state index contributed by atoms with van der Waals surface area (Å²) in [6, 6.07) is 0. The Balaban J connectivity index is 3.21. The third-order valence-corrected chi connectivity index (χ3v) is 1.91. The predicted molar refractivity (Wildman–Crippen MR) is 70.2 cm³/mol. The molecule has 0 aromatic heterocycles. The zero-order valence-corrected chi connectivity index (χ0v) is 11.4. The minimum Gasteiger partial charge on any atom is -0.389 e. The molecule has 0 aliphatic heterocycles. The molecule has 0 heterocycles. The van der Waals surface area contributed by atoms with Gasteiger partial charge in [-0.15, -0.1) is 0 Å². The van der Waals surface area contributed by atoms with Crippen molar-refractivity contribution in [1.82, 2.24) is 5.32 Å². The molecule has 0 bridgehead atoms. The Hall–Kier alpha value is -0.420. The number of ether oxygens (including phenoxy) is 2. The smallest absolute Gasteiger partial charge is 0.0897 e. The summed E-state index contributed by atoms with van der Waals surface area (Å²) >= 11 is 0. The van der Waals surface area contributed by atoms with E-state index >= 15 is 0 Å². The highest BCUT2D eigenvalue weighted by Crippen LogP contribution is 1.93. The highest BCUT2D eigenvalue weighted by Gasteiger charge is 2.04. The second-order valence-corrected chi connectivity index (χ2v) is 4.80. The second kappa shape index (κ2) is 10.7. The molecule has 0 spiro atoms. The van der Waals surface area contributed by atoms with Crippen molar-refractivity contribution in [3.8, 4) is 0 Å². The number of nitrogens with one attached hydrogen (secondary N) is 1. The molecular formula is C13H27NO3. The van der Waals surface area contributed by atoms with Gasteiger partial charge in [0.2, 0.25) is 0 Å². The molecule has 0 radical (unpaired) electrons. The van der Waals surface area contributed by atoms with Gasteiger partial charge in [0.15, 0.2) is 0 Å². The molecule has 1 unspecified atom stereocenters. The number of rotatable bonds is 11. The fourth-order valence-electron chi connectivity index (χ4n) is 1.16. The van der Waals surface area contributed by atoms with Gasteiger partial charge in [-0.25, -0.2) is 0 Å². The van der Waals surface area contributed by atoms with Gasteiger partial charge in [-0.1, -0.05) is 26.0 Å². The lowest BCUT2D eigenvalue weighted by Crippen LogP contribution is -2.32. The van der Waals surface area contributed by atoms with Crippen LogP contribution >= 0.6 is 0 Å². The van der Waals surface area contributed by atoms with E-state index in [4.69, 9.17) is 9.47 Å². The molecule has 0 amide bonds. The average Bonchev–Trinajstić information content (AvgIpc) is 2.22. The van der Waals surface area contributed by atoms with E-state index in [0.717, 1.165) is 12.1 Å². The first-order chi connectivity index (χ1) is 8.02. The lowest BCUT2D eigenvalue weighted by molar-refractivity contribution is 0.0253. The van der Waals surface area contributed by atoms with Crippen molar-refractivity contribution in [2.45, 2.75) is 26.9 Å². The molecule has 0 saturated carbocycles. The molecule has 0 aromatic rings. The molecule has 0 rings (SSSR count). The molecule has 4 heteroatoms. The first kappa shape index (κ1) is 16.6. The van der Waals surface area contributed by atoms with E-state index in [2.05, 4.69) is 25.7 Å². The van der Waals surface area contributed by atoms with Crippen LogP contribution in [0.25, 0.3) is 0 Å². The maximum Gasteiger partial charge on any atom is 0.0897 e. The van der Waals surface area contributed by atoms with Crippen LogP contribution in [0.1, 0.15) is 20.8 Å². The van der Waals surface area contributed by atoms with Crippen molar-refractivity contribution in [2.24, 2.45) is 5.92 Å². The number of aliphatic hydroxyl groups is 1. The van der Waals surface area contributed by atoms with Crippen molar-refractivity contribution in [2.75, 3.05) is 39.5 Å². The van der Waals surface area contributed by atoms with Gasteiger partial charge in [0.1, 0.15) is 0 Å². The van der Waals surface area contributed by atoms with Crippen molar-refractivity contribution in [3.63, 3.8) is 0 Å². The Labute approximate surface area is 105 Å². The summed E-state index contributed by atoms with van der Waals surface area (Å²) in [5, 5.41) is 12.7. The number of hydrogen-bond acceptors (Lipinski definition) is 4. The van der Waals surface area contributed by atoms with Crippen LogP contribution in [0.3, 0.4) is 0 Å². The van der Waals surface area contributed by atoms with Gasteiger partial charge in [0.25, 0.3) is 0 Å². The third kappa shape index (κ3) is 13.5. The van der Waals surface area contributed by atoms with Gasteiger partial charge in [0, 0.05) is 19.7 Å². The Morgan fingerprint density at radius 2 is 2.00 bits per heavy atom. The summed E-state index contributed by atoms with van der Waals surface area (Å²) in [6.45, 7) is 13.4. The Kier molecular flexibility index (Phi) is 10.5. The summed E-state index contributed by atoms with van der Waals surface area (Å²) in [4.78, 5) is 0. The van der Waals surface area contributed by atoms with Crippen LogP contribution in [0.4, 0.5) is 0 Å². The van der Waals surface area contributed by atoms with Crippen LogP contribution in [-0.2, 0) is 9.47 Å². The maximum atomic E-state index is 9.56. The van der Waals surface area contributed by atoms with E-state index in [-0.39, 0.29) is 0 Å². The van der Waals surface area contributed by atoms with E-state index in [1.54, 1.807) is 0 Å². The van der Waals surface area contributed by atoms with Crippen molar-refractivity contribution >= 4 is 0 Å². The van der Waals surface area contributed by atoms with Crippen LogP contribution in [0.5, 0.6) is 0 Å². The van der Waals surface area contributed by atoms with Gasteiger partial charge >= 0.3 is 0 Å². The monoisotopic (exact) mass is 245 g/mol. The zero-order valence-electron chi connectivity index (χ0n) is 11.4. The first-order valence-corrected chi connectivity index (χ1v) is 6.21. The summed E-state index contributed by atoms with van der Waals surface area (Å²) in [6.07, 6.45) is -0.449. The first-order valence-electron chi connectivity index (χ1n) is 6.21. The Morgan fingerprint density at radius 1 is 1.29 bits per heavy atom. The highest BCUT2D eigenvalue weighted by atomic mass is 16.5. The summed E-state index contributed by atoms with van der Waals surface area (Å²) < 4.78 is 10.6. The van der Waals surface area contributed by atoms with Crippen LogP contribution in [0, 0.1) is 5.92 Å². The second-order valence-electron chi connectivity index (χ2n) is 4.80. The lowest BCUT2D eigenvalue weighted by atomic mass is 10.2. The van der Waals surface area contributed by atoms with Crippen molar-refractivity contribution in [1.29, 1.82) is 0 Å². The SMILES string of the molecule is C=C(C)COCCNCC(O)COCC(C)C. The fraction of sp³-hybridized carbons (Fsp3) is 0.846. The molecule has 0 aliphatic rings. The third-order valence-electron chi connectivity index (χ3n) is 1.91. The highest BCUT2D eigenvalue weighted by molar-refractivity contribution is 4.87. The minimum atomic E-state index is -0.449. The van der Waals surface area contributed by atoms with Crippen LogP contribution in [0.15, 0.2) is 12.2 Å². The van der Waals surface area contributed by atoms with Crippen molar-refractivity contribution < 1.29 is 14.6 Å². The summed E-state index contributed by atoms with van der Waals surface area (Å²) in [5.41, 5.74) is 1.02. The molecule has 0 fully saturated rings. The molecule has 2 N–H and O–H groups in total. The lowest BCUT2D eigenvalue weighted by Gasteiger charge is -2.13. The fourth-order valence-corrected chi connectivity index (χ4v) is 1.16. The average molecular weight is 245 g/mol. The van der Waals surface area contributed by atoms with Crippen LogP contribution < -0.4 is 5.32 Å². The van der Waals surface area contributed by atoms with E-state index in [0.29, 0.717) is 38.9 Å². The quantitative estimate of drug-likeness (QED) is 0.424. The number of aliphatic hydroxyl groups excluding tert-OH is 1. The summed E-state index contributed by atoms with van der Waals surface area (Å²) in [7, 11) is 0. The topological polar surface area (TPSA) is 50.7 Å². The number of hydrogen-bond donors (Lipinski definition) is 2. The standard InChI is InChI=1S/C13H27NO3/c1-11(2)8-16-6-5-14-7-13(15)10-17-9-12(3)4/h12-15H,1,5-10H2,2-4H3. The van der Waals surface area contributed by atoms with Crippen molar-refractivity contribution in [3.05, 3.63) is 12.2 Å². The molecule has 0 aliphatic carbocycles. The zero-order chi connectivity index (χ0) is 13.1. The normalized spacial score (nSPS) is 13.0. The summed E-state index contributed by atoms with van der Waals surface area (Å²) in [5.74, 6) is 0.505. The molecule has 4 nitrogen and oxygen atoms in total. The van der Waals surface area contributed by atoms with Gasteiger partial charge in [0.05, 0.1) is 25.9 Å². The van der Waals surface area contributed by atoms with Gasteiger partial charge in [-0.3, -0.25) is 0 Å². The van der Waals surface area contributed by atoms with Crippen LogP contribution in [-0.4, -0.2) is 50.7 Å². The van der Waals surface area contributed by atoms with E-state index < -0.39 is 6.10 Å². The van der Waals surface area contributed by atoms with Gasteiger partial charge in [-0.2, -0.15) is 0 Å². The van der Waals surface area contributed by atoms with E-state index in [1.165, 1.54) is 0 Å². The molecule has 102 valence electrons. The molecule has 1 atom stereocenters. The van der Waals surface area contributed by atoms with E-state index in [9.17, 15) is 5.11 Å².